The maximum atomic E-state index is 11.3. The first-order valence-electron chi connectivity index (χ1n) is 11.5. The summed E-state index contributed by atoms with van der Waals surface area (Å²) in [4.78, 5) is 11.3. The van der Waals surface area contributed by atoms with E-state index in [1.807, 2.05) is 30.3 Å². The number of benzene rings is 2. The van der Waals surface area contributed by atoms with Gasteiger partial charge in [-0.3, -0.25) is 0 Å². The predicted molar refractivity (Wildman–Crippen MR) is 140 cm³/mol. The molecule has 0 heterocycles. The van der Waals surface area contributed by atoms with E-state index in [1.165, 1.54) is 7.11 Å². The molecule has 192 valence electrons. The van der Waals surface area contributed by atoms with E-state index in [-0.39, 0.29) is 0 Å². The second-order valence-corrected chi connectivity index (χ2v) is 10.7. The van der Waals surface area contributed by atoms with Crippen LogP contribution in [0.1, 0.15) is 55.4 Å². The van der Waals surface area contributed by atoms with Gasteiger partial charge in [0.1, 0.15) is 5.75 Å². The van der Waals surface area contributed by atoms with E-state index in [9.17, 15) is 15.0 Å². The van der Waals surface area contributed by atoms with Crippen molar-refractivity contribution in [1.29, 1.82) is 0 Å². The Hall–Kier alpha value is -2.59. The summed E-state index contributed by atoms with van der Waals surface area (Å²) in [5.41, 5.74) is 3.50. The summed E-state index contributed by atoms with van der Waals surface area (Å²) in [5, 5.41) is 24.1. The van der Waals surface area contributed by atoms with Crippen LogP contribution in [0.3, 0.4) is 0 Å². The van der Waals surface area contributed by atoms with Crippen LogP contribution in [0, 0.1) is 0 Å². The van der Waals surface area contributed by atoms with Gasteiger partial charge in [0.2, 0.25) is 0 Å². The van der Waals surface area contributed by atoms with Gasteiger partial charge in [0.25, 0.3) is 0 Å². The Bertz CT molecular complexity index is 1010. The second-order valence-electron chi connectivity index (χ2n) is 10.7. The average molecular weight is 486 g/mol. The van der Waals surface area contributed by atoms with Crippen LogP contribution < -0.4 is 21.3 Å². The molecule has 5 N–H and O–H groups in total. The first-order valence-corrected chi connectivity index (χ1v) is 11.5. The molecule has 0 spiro atoms. The van der Waals surface area contributed by atoms with E-state index in [2.05, 4.69) is 5.32 Å². The molecule has 0 fully saturated rings. The Morgan fingerprint density at radius 2 is 1.37 bits per heavy atom. The van der Waals surface area contributed by atoms with Gasteiger partial charge in [-0.15, -0.1) is 0 Å². The molecule has 0 aliphatic rings. The molecule has 35 heavy (non-hydrogen) atoms. The number of carbonyl (C=O) groups excluding carboxylic acids is 1. The number of urea groups is 1. The third kappa shape index (κ3) is 6.76. The van der Waals surface area contributed by atoms with Crippen molar-refractivity contribution in [3.8, 4) is 16.9 Å². The highest BCUT2D eigenvalue weighted by atomic mass is 16.6. The number of hydrogen-bond donors (Lipinski definition) is 4. The number of anilines is 1. The van der Waals surface area contributed by atoms with Crippen molar-refractivity contribution in [2.24, 2.45) is 5.73 Å². The van der Waals surface area contributed by atoms with Gasteiger partial charge in [0.05, 0.1) is 29.5 Å². The molecule has 0 saturated heterocycles. The van der Waals surface area contributed by atoms with E-state index < -0.39 is 35.6 Å². The number of hydrogen-bond acceptors (Lipinski definition) is 6. The van der Waals surface area contributed by atoms with Gasteiger partial charge < -0.3 is 35.3 Å². The highest BCUT2D eigenvalue weighted by Gasteiger charge is 2.46. The van der Waals surface area contributed by atoms with E-state index in [4.69, 9.17) is 19.8 Å². The van der Waals surface area contributed by atoms with Gasteiger partial charge in [0.15, 0.2) is 0 Å². The Labute approximate surface area is 208 Å². The lowest BCUT2D eigenvalue weighted by molar-refractivity contribution is -0.131. The van der Waals surface area contributed by atoms with Crippen molar-refractivity contribution in [1.82, 2.24) is 0 Å². The summed E-state index contributed by atoms with van der Waals surface area (Å²) in [6, 6.07) is 12.0. The number of aliphatic hydroxyl groups is 2. The molecule has 0 unspecified atom stereocenters. The highest BCUT2D eigenvalue weighted by Crippen LogP contribution is 2.35. The Balaban J connectivity index is 2.68. The van der Waals surface area contributed by atoms with Crippen molar-refractivity contribution in [3.63, 3.8) is 0 Å². The van der Waals surface area contributed by atoms with Gasteiger partial charge in [-0.05, 0) is 78.5 Å². The normalized spacial score (nSPS) is 12.9. The molecule has 0 aromatic heterocycles. The number of amides is 2. The van der Waals surface area contributed by atoms with E-state index in [0.717, 1.165) is 11.1 Å². The fraction of sp³-hybridized carbons (Fsp3) is 0.500. The fourth-order valence-electron chi connectivity index (χ4n) is 3.06. The molecular weight excluding hydrogens is 447 g/mol. The van der Waals surface area contributed by atoms with Crippen LogP contribution in [0.5, 0.6) is 5.75 Å². The number of methoxy groups -OCH3 is 1. The first kappa shape index (κ1) is 28.7. The number of carbonyl (C=O) groups is 1. The summed E-state index contributed by atoms with van der Waals surface area (Å²) in [6.07, 6.45) is 0. The predicted octanol–water partition coefficient (Wildman–Crippen LogP) is 3.68. The van der Waals surface area contributed by atoms with Gasteiger partial charge in [-0.2, -0.15) is 0 Å². The average Bonchev–Trinajstić information content (AvgIpc) is 2.70. The molecule has 0 atom stereocenters. The molecule has 2 amide bonds. The molecule has 0 saturated carbocycles. The minimum Gasteiger partial charge on any atom is -0.496 e. The van der Waals surface area contributed by atoms with Crippen LogP contribution in [0.15, 0.2) is 42.5 Å². The quantitative estimate of drug-likeness (QED) is 0.380. The van der Waals surface area contributed by atoms with E-state index >= 15 is 0 Å². The van der Waals surface area contributed by atoms with Crippen molar-refractivity contribution < 1.29 is 29.1 Å². The SMILES string of the molecule is COc1cc(NC(N)=O)ccc1-c1ccccc1B(OC(C)(C)C(C)(C)O)OC(C)(C)C(C)(C)O. The monoisotopic (exact) mass is 486 g/mol. The fourth-order valence-corrected chi connectivity index (χ4v) is 3.06. The molecule has 9 heteroatoms. The molecule has 0 bridgehead atoms. The zero-order chi connectivity index (χ0) is 26.8. The Morgan fingerprint density at radius 3 is 1.83 bits per heavy atom. The standard InChI is InChI=1S/C26H39BN2O6/c1-23(2,31)25(5,6)34-27(35-26(7,8)24(3,4)32)20-13-11-10-12-18(20)19-15-14-17(29-22(28)30)16-21(19)33-9/h10-16,31-32H,1-9H3,(H3,28,29,30). The van der Waals surface area contributed by atoms with Crippen molar-refractivity contribution >= 4 is 24.3 Å². The topological polar surface area (TPSA) is 123 Å². The maximum Gasteiger partial charge on any atom is 0.495 e. The zero-order valence-electron chi connectivity index (χ0n) is 22.2. The van der Waals surface area contributed by atoms with E-state index in [1.54, 1.807) is 67.5 Å². The van der Waals surface area contributed by atoms with Crippen LogP contribution in [0.2, 0.25) is 0 Å². The molecule has 8 nitrogen and oxygen atoms in total. The number of nitrogens with one attached hydrogen (secondary N) is 1. The lowest BCUT2D eigenvalue weighted by Crippen LogP contribution is -2.59. The molecule has 0 aliphatic heterocycles. The summed E-state index contributed by atoms with van der Waals surface area (Å²) in [7, 11) is 0.580. The molecule has 0 radical (unpaired) electrons. The van der Waals surface area contributed by atoms with Gasteiger partial charge in [-0.1, -0.05) is 24.3 Å². The summed E-state index contributed by atoms with van der Waals surface area (Å²) in [5.74, 6) is 0.506. The number of nitrogens with two attached hydrogens (primary N) is 1. The Kier molecular flexibility index (Phi) is 8.34. The van der Waals surface area contributed by atoms with Gasteiger partial charge in [0, 0.05) is 17.3 Å². The molecule has 2 aromatic carbocycles. The summed E-state index contributed by atoms with van der Waals surface area (Å²) >= 11 is 0. The summed E-state index contributed by atoms with van der Waals surface area (Å²) < 4.78 is 18.5. The largest absolute Gasteiger partial charge is 0.496 e. The minimum atomic E-state index is -1.19. The van der Waals surface area contributed by atoms with Crippen molar-refractivity contribution in [2.75, 3.05) is 12.4 Å². The third-order valence-corrected chi connectivity index (χ3v) is 6.72. The van der Waals surface area contributed by atoms with Gasteiger partial charge >= 0.3 is 13.1 Å². The second kappa shape index (κ2) is 10.2. The zero-order valence-corrected chi connectivity index (χ0v) is 22.2. The molecular formula is C26H39BN2O6. The lowest BCUT2D eigenvalue weighted by atomic mass is 9.70. The van der Waals surface area contributed by atoms with Crippen LogP contribution in [0.4, 0.5) is 10.5 Å². The number of rotatable bonds is 10. The van der Waals surface area contributed by atoms with Crippen LogP contribution in [-0.2, 0) is 9.31 Å². The van der Waals surface area contributed by atoms with E-state index in [0.29, 0.717) is 16.9 Å². The van der Waals surface area contributed by atoms with Crippen LogP contribution in [-0.4, -0.2) is 52.9 Å². The highest BCUT2D eigenvalue weighted by molar-refractivity contribution is 6.63. The molecule has 2 aromatic rings. The molecule has 0 aliphatic carbocycles. The minimum absolute atomic E-state index is 0.492. The number of ether oxygens (including phenoxy) is 1. The third-order valence-electron chi connectivity index (χ3n) is 6.72. The van der Waals surface area contributed by atoms with Crippen molar-refractivity contribution in [3.05, 3.63) is 42.5 Å². The van der Waals surface area contributed by atoms with Crippen LogP contribution in [0.25, 0.3) is 11.1 Å². The molecule has 2 rings (SSSR count). The van der Waals surface area contributed by atoms with Crippen molar-refractivity contribution in [2.45, 2.75) is 77.8 Å². The summed E-state index contributed by atoms with van der Waals surface area (Å²) in [6.45, 7) is 13.8. The Morgan fingerprint density at radius 1 is 0.857 bits per heavy atom. The first-order chi connectivity index (χ1) is 15.9. The van der Waals surface area contributed by atoms with Gasteiger partial charge in [-0.25, -0.2) is 4.79 Å². The smallest absolute Gasteiger partial charge is 0.495 e. The lowest BCUT2D eigenvalue weighted by Gasteiger charge is -2.44. The number of primary amides is 1. The maximum absolute atomic E-state index is 11.3. The van der Waals surface area contributed by atoms with Crippen LogP contribution >= 0.6 is 0 Å².